The first kappa shape index (κ1) is 12.8. The largest absolute Gasteiger partial charge is 0.337 e. The number of carbonyl (C=O) groups is 1. The second-order valence-corrected chi connectivity index (χ2v) is 4.94. The van der Waals surface area contributed by atoms with Crippen molar-refractivity contribution in [1.29, 1.82) is 0 Å². The van der Waals surface area contributed by atoms with Gasteiger partial charge in [0.15, 0.2) is 0 Å². The highest BCUT2D eigenvalue weighted by Crippen LogP contribution is 2.18. The van der Waals surface area contributed by atoms with Gasteiger partial charge in [0.05, 0.1) is 0 Å². The summed E-state index contributed by atoms with van der Waals surface area (Å²) in [5.74, 6) is 0. The zero-order valence-electron chi connectivity index (χ0n) is 9.92. The maximum absolute atomic E-state index is 11.1. The van der Waals surface area contributed by atoms with E-state index in [0.717, 1.165) is 22.0 Å². The Labute approximate surface area is 115 Å². The zero-order valence-corrected chi connectivity index (χ0v) is 11.5. The number of benzene rings is 2. The molecule has 1 amide bonds. The smallest absolute Gasteiger partial charge is 0.210 e. The monoisotopic (exact) mass is 303 g/mol. The molecule has 0 aromatic heterocycles. The van der Waals surface area contributed by atoms with Crippen LogP contribution >= 0.6 is 15.9 Å². The van der Waals surface area contributed by atoms with Gasteiger partial charge in [-0.2, -0.15) is 0 Å². The molecule has 0 fully saturated rings. The number of rotatable bonds is 5. The van der Waals surface area contributed by atoms with Gasteiger partial charge in [-0.3, -0.25) is 4.79 Å². The molecule has 0 saturated heterocycles. The van der Waals surface area contributed by atoms with E-state index < -0.39 is 0 Å². The van der Waals surface area contributed by atoms with Crippen LogP contribution in [0.25, 0.3) is 0 Å². The Hall–Kier alpha value is -1.61. The van der Waals surface area contributed by atoms with Gasteiger partial charge in [0.1, 0.15) is 0 Å². The van der Waals surface area contributed by atoms with Gasteiger partial charge in [-0.25, -0.2) is 0 Å². The Morgan fingerprint density at radius 1 is 0.944 bits per heavy atom. The molecule has 2 nitrogen and oxygen atoms in total. The van der Waals surface area contributed by atoms with E-state index in [1.54, 1.807) is 4.90 Å². The van der Waals surface area contributed by atoms with Crippen molar-refractivity contribution in [2.45, 2.75) is 13.1 Å². The van der Waals surface area contributed by atoms with Crippen LogP contribution in [0.5, 0.6) is 0 Å². The van der Waals surface area contributed by atoms with E-state index in [9.17, 15) is 4.79 Å². The third-order valence-corrected chi connectivity index (χ3v) is 3.48. The third kappa shape index (κ3) is 3.44. The predicted molar refractivity (Wildman–Crippen MR) is 75.9 cm³/mol. The highest BCUT2D eigenvalue weighted by atomic mass is 79.9. The van der Waals surface area contributed by atoms with Gasteiger partial charge in [-0.15, -0.1) is 0 Å². The van der Waals surface area contributed by atoms with Crippen LogP contribution in [0.4, 0.5) is 0 Å². The molecular formula is C15H14BrNO. The fourth-order valence-corrected chi connectivity index (χ4v) is 2.20. The Morgan fingerprint density at radius 2 is 1.61 bits per heavy atom. The number of hydrogen-bond acceptors (Lipinski definition) is 1. The first-order chi connectivity index (χ1) is 8.79. The molecule has 0 atom stereocenters. The summed E-state index contributed by atoms with van der Waals surface area (Å²) in [4.78, 5) is 12.9. The van der Waals surface area contributed by atoms with Gasteiger partial charge in [-0.05, 0) is 17.2 Å². The van der Waals surface area contributed by atoms with E-state index >= 15 is 0 Å². The molecule has 0 bridgehead atoms. The Kier molecular flexibility index (Phi) is 4.53. The van der Waals surface area contributed by atoms with Crippen molar-refractivity contribution in [3.63, 3.8) is 0 Å². The summed E-state index contributed by atoms with van der Waals surface area (Å²) in [5.41, 5.74) is 2.25. The lowest BCUT2D eigenvalue weighted by Gasteiger charge is -2.18. The van der Waals surface area contributed by atoms with Crippen LogP contribution < -0.4 is 0 Å². The molecule has 2 rings (SSSR count). The van der Waals surface area contributed by atoms with Crippen molar-refractivity contribution >= 4 is 22.3 Å². The van der Waals surface area contributed by atoms with Crippen molar-refractivity contribution in [2.75, 3.05) is 0 Å². The summed E-state index contributed by atoms with van der Waals surface area (Å²) in [6.45, 7) is 1.24. The van der Waals surface area contributed by atoms with Gasteiger partial charge in [0, 0.05) is 17.6 Å². The molecule has 0 unspecified atom stereocenters. The summed E-state index contributed by atoms with van der Waals surface area (Å²) in [5, 5.41) is 0. The van der Waals surface area contributed by atoms with Crippen molar-refractivity contribution in [3.8, 4) is 0 Å². The maximum Gasteiger partial charge on any atom is 0.210 e. The molecule has 3 heteroatoms. The molecule has 2 aromatic rings. The van der Waals surface area contributed by atoms with E-state index in [0.29, 0.717) is 13.1 Å². The van der Waals surface area contributed by atoms with E-state index in [4.69, 9.17) is 0 Å². The molecule has 92 valence electrons. The average molecular weight is 304 g/mol. The van der Waals surface area contributed by atoms with Crippen LogP contribution in [0.2, 0.25) is 0 Å². The molecule has 0 spiro atoms. The summed E-state index contributed by atoms with van der Waals surface area (Å²) >= 11 is 3.50. The van der Waals surface area contributed by atoms with Crippen LogP contribution in [0.15, 0.2) is 59.1 Å². The van der Waals surface area contributed by atoms with E-state index in [2.05, 4.69) is 15.9 Å². The van der Waals surface area contributed by atoms with E-state index in [1.165, 1.54) is 0 Å². The molecule has 0 aliphatic carbocycles. The minimum atomic E-state index is 0.611. The first-order valence-electron chi connectivity index (χ1n) is 5.76. The highest BCUT2D eigenvalue weighted by Gasteiger charge is 2.06. The molecule has 0 N–H and O–H groups in total. The number of amides is 1. The number of halogens is 1. The minimum Gasteiger partial charge on any atom is -0.337 e. The SMILES string of the molecule is O=CN(Cc1ccccc1)Cc1ccccc1Br. The molecule has 0 aliphatic rings. The molecule has 0 saturated carbocycles. The average Bonchev–Trinajstić information content (AvgIpc) is 2.41. The predicted octanol–water partition coefficient (Wildman–Crippen LogP) is 3.61. The molecular weight excluding hydrogens is 290 g/mol. The lowest BCUT2D eigenvalue weighted by molar-refractivity contribution is -0.119. The van der Waals surface area contributed by atoms with E-state index in [1.807, 2.05) is 54.6 Å². The fraction of sp³-hybridized carbons (Fsp3) is 0.133. The van der Waals surface area contributed by atoms with Crippen molar-refractivity contribution in [2.24, 2.45) is 0 Å². The van der Waals surface area contributed by atoms with Crippen LogP contribution in [-0.4, -0.2) is 11.3 Å². The Bertz CT molecular complexity index is 513. The molecule has 0 aliphatic heterocycles. The highest BCUT2D eigenvalue weighted by molar-refractivity contribution is 9.10. The molecule has 0 radical (unpaired) electrons. The summed E-state index contributed by atoms with van der Waals surface area (Å²) in [6.07, 6.45) is 0.895. The second-order valence-electron chi connectivity index (χ2n) is 4.09. The third-order valence-electron chi connectivity index (χ3n) is 2.71. The number of nitrogens with zero attached hydrogens (tertiary/aromatic N) is 1. The van der Waals surface area contributed by atoms with Gasteiger partial charge < -0.3 is 4.90 Å². The van der Waals surface area contributed by atoms with Gasteiger partial charge in [-0.1, -0.05) is 64.5 Å². The fourth-order valence-electron chi connectivity index (χ4n) is 1.79. The number of carbonyl (C=O) groups excluding carboxylic acids is 1. The lowest BCUT2D eigenvalue weighted by atomic mass is 10.2. The van der Waals surface area contributed by atoms with Crippen LogP contribution in [0, 0.1) is 0 Å². The van der Waals surface area contributed by atoms with Gasteiger partial charge in [0.25, 0.3) is 0 Å². The summed E-state index contributed by atoms with van der Waals surface area (Å²) in [7, 11) is 0. The standard InChI is InChI=1S/C15H14BrNO/c16-15-9-5-4-8-14(15)11-17(12-18)10-13-6-2-1-3-7-13/h1-9,12H,10-11H2. The second kappa shape index (κ2) is 6.36. The van der Waals surface area contributed by atoms with Crippen molar-refractivity contribution < 1.29 is 4.79 Å². The summed E-state index contributed by atoms with van der Waals surface area (Å²) in [6, 6.07) is 17.9. The number of hydrogen-bond donors (Lipinski definition) is 0. The Balaban J connectivity index is 2.07. The minimum absolute atomic E-state index is 0.611. The van der Waals surface area contributed by atoms with Crippen molar-refractivity contribution in [1.82, 2.24) is 4.90 Å². The molecule has 18 heavy (non-hydrogen) atoms. The summed E-state index contributed by atoms with van der Waals surface area (Å²) < 4.78 is 1.03. The normalized spacial score (nSPS) is 10.1. The van der Waals surface area contributed by atoms with Crippen LogP contribution in [0.3, 0.4) is 0 Å². The van der Waals surface area contributed by atoms with Crippen LogP contribution in [-0.2, 0) is 17.9 Å². The lowest BCUT2D eigenvalue weighted by Crippen LogP contribution is -2.20. The topological polar surface area (TPSA) is 20.3 Å². The quantitative estimate of drug-likeness (QED) is 0.773. The van der Waals surface area contributed by atoms with Gasteiger partial charge in [0.2, 0.25) is 6.41 Å². The maximum atomic E-state index is 11.1. The zero-order chi connectivity index (χ0) is 12.8. The Morgan fingerprint density at radius 3 is 2.28 bits per heavy atom. The molecule has 0 heterocycles. The van der Waals surface area contributed by atoms with Crippen LogP contribution in [0.1, 0.15) is 11.1 Å². The van der Waals surface area contributed by atoms with Crippen molar-refractivity contribution in [3.05, 3.63) is 70.2 Å². The molecule has 2 aromatic carbocycles. The first-order valence-corrected chi connectivity index (χ1v) is 6.55. The van der Waals surface area contributed by atoms with E-state index in [-0.39, 0.29) is 0 Å². The van der Waals surface area contributed by atoms with Gasteiger partial charge >= 0.3 is 0 Å².